The summed E-state index contributed by atoms with van der Waals surface area (Å²) >= 11 is 0. The van der Waals surface area contributed by atoms with Gasteiger partial charge >= 0.3 is 5.97 Å². The molecule has 3 fully saturated rings. The molecule has 0 aromatic heterocycles. The molecule has 0 amide bonds. The number of carbonyl (C=O) groups is 3. The Morgan fingerprint density at radius 3 is 2.32 bits per heavy atom. The van der Waals surface area contributed by atoms with E-state index in [2.05, 4.69) is 0 Å². The van der Waals surface area contributed by atoms with E-state index in [9.17, 15) is 14.4 Å². The van der Waals surface area contributed by atoms with Crippen molar-refractivity contribution in [3.63, 3.8) is 0 Å². The number of Topliss-reactive ketones (excluding diaryl/α,β-unsaturated/α-hetero) is 2. The molecule has 0 bridgehead atoms. The van der Waals surface area contributed by atoms with Crippen molar-refractivity contribution < 1.29 is 33.3 Å². The lowest BCUT2D eigenvalue weighted by atomic mass is 9.67. The molecule has 2 aliphatic carbocycles. The van der Waals surface area contributed by atoms with E-state index in [-0.39, 0.29) is 43.4 Å². The fourth-order valence-electron chi connectivity index (χ4n) is 5.38. The molecule has 7 nitrogen and oxygen atoms in total. The highest BCUT2D eigenvalue weighted by Crippen LogP contribution is 2.47. The fourth-order valence-corrected chi connectivity index (χ4v) is 5.38. The average molecular weight is 473 g/mol. The monoisotopic (exact) mass is 472 g/mol. The minimum Gasteiger partial charge on any atom is -0.487 e. The third-order valence-electron chi connectivity index (χ3n) is 7.34. The Hall–Kier alpha value is -2.25. The molecule has 1 aromatic rings. The van der Waals surface area contributed by atoms with Gasteiger partial charge in [-0.2, -0.15) is 0 Å². The summed E-state index contributed by atoms with van der Waals surface area (Å²) in [7, 11) is 0. The maximum atomic E-state index is 13.7. The minimum absolute atomic E-state index is 0.0661. The average Bonchev–Trinajstić information content (AvgIpc) is 3.25. The molecule has 186 valence electrons. The van der Waals surface area contributed by atoms with Crippen LogP contribution in [-0.2, 0) is 23.9 Å². The molecule has 1 atom stereocenters. The number of hydrogen-bond donors (Lipinski definition) is 0. The van der Waals surface area contributed by atoms with Crippen LogP contribution in [0.2, 0.25) is 0 Å². The SMILES string of the molecule is CC(=O)CCC1(C(=O)Oc2ccccc2OC2CCCCCCC2)CC2(CCC1=O)OCCO2. The van der Waals surface area contributed by atoms with Crippen molar-refractivity contribution >= 4 is 17.5 Å². The fraction of sp³-hybridized carbons (Fsp3) is 0.667. The van der Waals surface area contributed by atoms with Gasteiger partial charge in [0.05, 0.1) is 19.3 Å². The predicted octanol–water partition coefficient (Wildman–Crippen LogP) is 4.94. The lowest BCUT2D eigenvalue weighted by Gasteiger charge is -2.42. The second kappa shape index (κ2) is 11.0. The first-order valence-corrected chi connectivity index (χ1v) is 12.7. The quantitative estimate of drug-likeness (QED) is 0.316. The van der Waals surface area contributed by atoms with Crippen LogP contribution in [0.3, 0.4) is 0 Å². The Morgan fingerprint density at radius 1 is 1.00 bits per heavy atom. The van der Waals surface area contributed by atoms with Crippen LogP contribution in [0.1, 0.15) is 84.0 Å². The molecule has 1 unspecified atom stereocenters. The van der Waals surface area contributed by atoms with E-state index in [1.165, 1.54) is 26.2 Å². The highest BCUT2D eigenvalue weighted by atomic mass is 16.7. The number of ether oxygens (including phenoxy) is 4. The Balaban J connectivity index is 1.56. The number of ketones is 2. The van der Waals surface area contributed by atoms with Crippen LogP contribution in [0.4, 0.5) is 0 Å². The smallest absolute Gasteiger partial charge is 0.325 e. The second-order valence-electron chi connectivity index (χ2n) is 9.91. The summed E-state index contributed by atoms with van der Waals surface area (Å²) < 4.78 is 23.9. The molecule has 1 aromatic carbocycles. The zero-order valence-corrected chi connectivity index (χ0v) is 20.1. The standard InChI is InChI=1S/C27H36O7/c1-20(28)13-15-26(19-27(16-14-24(26)29)31-17-18-32-27)25(30)34-23-12-8-7-11-22(23)33-21-9-5-3-2-4-6-10-21/h7-8,11-12,21H,2-6,9-10,13-19H2,1H3. The zero-order chi connectivity index (χ0) is 24.0. The van der Waals surface area contributed by atoms with E-state index in [4.69, 9.17) is 18.9 Å². The van der Waals surface area contributed by atoms with E-state index in [0.717, 1.165) is 25.7 Å². The highest BCUT2D eigenvalue weighted by molar-refractivity contribution is 6.05. The van der Waals surface area contributed by atoms with Gasteiger partial charge in [0.2, 0.25) is 0 Å². The first-order chi connectivity index (χ1) is 16.4. The van der Waals surface area contributed by atoms with Gasteiger partial charge in [-0.15, -0.1) is 0 Å². The number of benzene rings is 1. The van der Waals surface area contributed by atoms with Gasteiger partial charge in [-0.05, 0) is 51.2 Å². The van der Waals surface area contributed by atoms with Gasteiger partial charge in [-0.25, -0.2) is 0 Å². The molecule has 1 aliphatic heterocycles. The molecule has 0 N–H and O–H groups in total. The molecule has 1 spiro atoms. The van der Waals surface area contributed by atoms with E-state index >= 15 is 0 Å². The van der Waals surface area contributed by atoms with Gasteiger partial charge < -0.3 is 23.7 Å². The molecule has 3 aliphatic rings. The molecule has 7 heteroatoms. The Labute approximate surface area is 201 Å². The molecule has 0 radical (unpaired) electrons. The number of rotatable bonds is 7. The van der Waals surface area contributed by atoms with Crippen LogP contribution >= 0.6 is 0 Å². The van der Waals surface area contributed by atoms with Crippen molar-refractivity contribution in [2.24, 2.45) is 5.41 Å². The van der Waals surface area contributed by atoms with E-state index in [1.807, 2.05) is 6.07 Å². The van der Waals surface area contributed by atoms with Gasteiger partial charge in [-0.3, -0.25) is 9.59 Å². The maximum absolute atomic E-state index is 13.7. The van der Waals surface area contributed by atoms with E-state index in [0.29, 0.717) is 31.1 Å². The van der Waals surface area contributed by atoms with Gasteiger partial charge in [0.25, 0.3) is 0 Å². The number of carbonyl (C=O) groups excluding carboxylic acids is 3. The number of hydrogen-bond acceptors (Lipinski definition) is 7. The highest BCUT2D eigenvalue weighted by Gasteiger charge is 2.58. The van der Waals surface area contributed by atoms with Crippen molar-refractivity contribution in [3.8, 4) is 11.5 Å². The summed E-state index contributed by atoms with van der Waals surface area (Å²) in [5.74, 6) is -1.13. The Kier molecular flexibility index (Phi) is 8.04. The lowest BCUT2D eigenvalue weighted by molar-refractivity contribution is -0.208. The topological polar surface area (TPSA) is 88.1 Å². The molecular weight excluding hydrogens is 436 g/mol. The largest absolute Gasteiger partial charge is 0.487 e. The first kappa shape index (κ1) is 24.9. The van der Waals surface area contributed by atoms with E-state index in [1.54, 1.807) is 18.2 Å². The molecule has 34 heavy (non-hydrogen) atoms. The summed E-state index contributed by atoms with van der Waals surface area (Å²) in [6, 6.07) is 7.13. The molecule has 2 saturated carbocycles. The van der Waals surface area contributed by atoms with Gasteiger partial charge in [0.1, 0.15) is 11.2 Å². The maximum Gasteiger partial charge on any atom is 0.325 e. The molecular formula is C27H36O7. The minimum atomic E-state index is -1.48. The van der Waals surface area contributed by atoms with Crippen molar-refractivity contribution in [2.75, 3.05) is 13.2 Å². The summed E-state index contributed by atoms with van der Waals surface area (Å²) in [5.41, 5.74) is -1.48. The van der Waals surface area contributed by atoms with Gasteiger partial charge in [0.15, 0.2) is 23.1 Å². The van der Waals surface area contributed by atoms with Crippen LogP contribution in [-0.4, -0.2) is 42.6 Å². The summed E-state index contributed by atoms with van der Waals surface area (Å²) in [6.45, 7) is 2.30. The second-order valence-corrected chi connectivity index (χ2v) is 9.91. The van der Waals surface area contributed by atoms with Crippen molar-refractivity contribution in [3.05, 3.63) is 24.3 Å². The van der Waals surface area contributed by atoms with E-state index < -0.39 is 17.2 Å². The van der Waals surface area contributed by atoms with Crippen LogP contribution in [0, 0.1) is 5.41 Å². The lowest BCUT2D eigenvalue weighted by Crippen LogP contribution is -2.53. The number of para-hydroxylation sites is 2. The van der Waals surface area contributed by atoms with Crippen LogP contribution in [0.5, 0.6) is 11.5 Å². The molecule has 4 rings (SSSR count). The summed E-state index contributed by atoms with van der Waals surface area (Å²) in [6.07, 6.45) is 8.77. The predicted molar refractivity (Wildman–Crippen MR) is 125 cm³/mol. The van der Waals surface area contributed by atoms with Crippen LogP contribution in [0.15, 0.2) is 24.3 Å². The Morgan fingerprint density at radius 2 is 1.65 bits per heavy atom. The zero-order valence-electron chi connectivity index (χ0n) is 20.1. The Bertz CT molecular complexity index is 881. The van der Waals surface area contributed by atoms with Crippen LogP contribution < -0.4 is 9.47 Å². The van der Waals surface area contributed by atoms with Crippen molar-refractivity contribution in [2.45, 2.75) is 95.9 Å². The first-order valence-electron chi connectivity index (χ1n) is 12.7. The molecule has 1 heterocycles. The normalized spacial score (nSPS) is 25.5. The van der Waals surface area contributed by atoms with Crippen molar-refractivity contribution in [1.29, 1.82) is 0 Å². The van der Waals surface area contributed by atoms with Gasteiger partial charge in [-0.1, -0.05) is 31.4 Å². The summed E-state index contributed by atoms with van der Waals surface area (Å²) in [5, 5.41) is 0. The third-order valence-corrected chi connectivity index (χ3v) is 7.34. The number of esters is 1. The third kappa shape index (κ3) is 5.69. The molecule has 1 saturated heterocycles. The summed E-state index contributed by atoms with van der Waals surface area (Å²) in [4.78, 5) is 38.7. The van der Waals surface area contributed by atoms with Gasteiger partial charge in [0, 0.05) is 25.7 Å². The van der Waals surface area contributed by atoms with Crippen LogP contribution in [0.25, 0.3) is 0 Å². The van der Waals surface area contributed by atoms with Crippen molar-refractivity contribution in [1.82, 2.24) is 0 Å².